The normalized spacial score (nSPS) is 25.0. The van der Waals surface area contributed by atoms with Crippen molar-refractivity contribution >= 4 is 6.21 Å². The van der Waals surface area contributed by atoms with Gasteiger partial charge in [-0.25, -0.2) is 4.58 Å². The minimum absolute atomic E-state index is 0.409. The zero-order valence-corrected chi connectivity index (χ0v) is 9.47. The highest BCUT2D eigenvalue weighted by molar-refractivity contribution is 5.59. The van der Waals surface area contributed by atoms with E-state index >= 15 is 0 Å². The van der Waals surface area contributed by atoms with Crippen molar-refractivity contribution < 1.29 is 4.58 Å². The molecular weight excluding hydrogens is 158 g/mol. The molecule has 0 amide bonds. The van der Waals surface area contributed by atoms with E-state index in [0.717, 1.165) is 0 Å². The van der Waals surface area contributed by atoms with Crippen molar-refractivity contribution in [3.05, 3.63) is 0 Å². The Morgan fingerprint density at radius 1 is 1.00 bits per heavy atom. The lowest BCUT2D eigenvalue weighted by Crippen LogP contribution is -2.22. The lowest BCUT2D eigenvalue weighted by Gasteiger charge is -2.18. The molecule has 1 rings (SSSR count). The predicted octanol–water partition coefficient (Wildman–Crippen LogP) is 3.08. The maximum atomic E-state index is 2.42. The summed E-state index contributed by atoms with van der Waals surface area (Å²) in [6.07, 6.45) is 10.8. The van der Waals surface area contributed by atoms with Crippen molar-refractivity contribution in [2.24, 2.45) is 5.41 Å². The Morgan fingerprint density at radius 2 is 1.62 bits per heavy atom. The van der Waals surface area contributed by atoms with Gasteiger partial charge in [-0.05, 0) is 12.8 Å². The third kappa shape index (κ3) is 4.44. The standard InChI is InChI=1S/C12H24N/c1-12(2)9-7-5-4-6-8-10-13(3)11-12/h11H,4-10H2,1-3H3/q+1. The summed E-state index contributed by atoms with van der Waals surface area (Å²) in [4.78, 5) is 0. The van der Waals surface area contributed by atoms with Crippen LogP contribution in [0.4, 0.5) is 0 Å². The molecule has 0 radical (unpaired) electrons. The molecule has 0 fully saturated rings. The highest BCUT2D eigenvalue weighted by Crippen LogP contribution is 2.22. The van der Waals surface area contributed by atoms with Gasteiger partial charge in [0, 0.05) is 11.8 Å². The first-order valence-corrected chi connectivity index (χ1v) is 5.66. The van der Waals surface area contributed by atoms with E-state index in [1.165, 1.54) is 45.1 Å². The third-order valence-corrected chi connectivity index (χ3v) is 2.90. The van der Waals surface area contributed by atoms with Crippen LogP contribution in [0.5, 0.6) is 0 Å². The topological polar surface area (TPSA) is 3.01 Å². The first kappa shape index (κ1) is 10.7. The summed E-state index contributed by atoms with van der Waals surface area (Å²) >= 11 is 0. The van der Waals surface area contributed by atoms with Gasteiger partial charge in [-0.1, -0.05) is 33.1 Å². The molecule has 0 saturated heterocycles. The molecule has 0 bridgehead atoms. The second-order valence-electron chi connectivity index (χ2n) is 5.12. The van der Waals surface area contributed by atoms with E-state index in [9.17, 15) is 0 Å². The van der Waals surface area contributed by atoms with Gasteiger partial charge < -0.3 is 0 Å². The first-order chi connectivity index (χ1) is 6.10. The summed E-state index contributed by atoms with van der Waals surface area (Å²) in [6, 6.07) is 0. The van der Waals surface area contributed by atoms with Gasteiger partial charge in [-0.3, -0.25) is 0 Å². The van der Waals surface area contributed by atoms with Gasteiger partial charge in [0.1, 0.15) is 19.8 Å². The van der Waals surface area contributed by atoms with Crippen LogP contribution in [0.3, 0.4) is 0 Å². The molecule has 0 atom stereocenters. The molecule has 0 aromatic carbocycles. The fraction of sp³-hybridized carbons (Fsp3) is 0.917. The molecule has 1 heterocycles. The number of hydrogen-bond acceptors (Lipinski definition) is 0. The average Bonchev–Trinajstić information content (AvgIpc) is 2.01. The van der Waals surface area contributed by atoms with E-state index in [2.05, 4.69) is 31.7 Å². The van der Waals surface area contributed by atoms with Crippen LogP contribution in [0, 0.1) is 5.41 Å². The van der Waals surface area contributed by atoms with Gasteiger partial charge >= 0.3 is 0 Å². The molecule has 1 aliphatic heterocycles. The van der Waals surface area contributed by atoms with Crippen molar-refractivity contribution in [2.75, 3.05) is 13.6 Å². The van der Waals surface area contributed by atoms with Crippen LogP contribution >= 0.6 is 0 Å². The van der Waals surface area contributed by atoms with Crippen LogP contribution in [0.15, 0.2) is 0 Å². The summed E-state index contributed by atoms with van der Waals surface area (Å²) in [7, 11) is 2.21. The van der Waals surface area contributed by atoms with Crippen LogP contribution in [-0.2, 0) is 0 Å². The van der Waals surface area contributed by atoms with E-state index in [0.29, 0.717) is 5.41 Å². The maximum Gasteiger partial charge on any atom is 0.145 e. The Labute approximate surface area is 82.9 Å². The number of nitrogens with zero attached hydrogens (tertiary/aromatic N) is 1. The Balaban J connectivity index is 2.57. The third-order valence-electron chi connectivity index (χ3n) is 2.90. The van der Waals surface area contributed by atoms with Gasteiger partial charge in [0.15, 0.2) is 0 Å². The van der Waals surface area contributed by atoms with Crippen LogP contribution in [-0.4, -0.2) is 24.4 Å². The molecule has 0 spiro atoms. The fourth-order valence-electron chi connectivity index (χ4n) is 2.20. The fourth-order valence-corrected chi connectivity index (χ4v) is 2.20. The van der Waals surface area contributed by atoms with Crippen molar-refractivity contribution in [3.63, 3.8) is 0 Å². The highest BCUT2D eigenvalue weighted by atomic mass is 15.0. The second-order valence-corrected chi connectivity index (χ2v) is 5.12. The summed E-state index contributed by atoms with van der Waals surface area (Å²) in [5, 5.41) is 0. The first-order valence-electron chi connectivity index (χ1n) is 5.66. The zero-order chi connectivity index (χ0) is 9.73. The molecule has 0 unspecified atom stereocenters. The Bertz CT molecular complexity index is 180. The Kier molecular flexibility index (Phi) is 3.95. The number of rotatable bonds is 0. The monoisotopic (exact) mass is 182 g/mol. The molecule has 0 aromatic heterocycles. The Morgan fingerprint density at radius 3 is 2.38 bits per heavy atom. The van der Waals surface area contributed by atoms with Crippen molar-refractivity contribution in [1.82, 2.24) is 0 Å². The molecule has 13 heavy (non-hydrogen) atoms. The Hall–Kier alpha value is -0.330. The van der Waals surface area contributed by atoms with Gasteiger partial charge in [0.2, 0.25) is 0 Å². The maximum absolute atomic E-state index is 2.42. The average molecular weight is 182 g/mol. The van der Waals surface area contributed by atoms with E-state index < -0.39 is 0 Å². The highest BCUT2D eigenvalue weighted by Gasteiger charge is 2.19. The summed E-state index contributed by atoms with van der Waals surface area (Å²) < 4.78 is 2.38. The minimum atomic E-state index is 0.409. The molecule has 1 aliphatic rings. The van der Waals surface area contributed by atoms with E-state index in [1.54, 1.807) is 0 Å². The van der Waals surface area contributed by atoms with Crippen molar-refractivity contribution in [1.29, 1.82) is 0 Å². The molecule has 0 N–H and O–H groups in total. The molecule has 0 aliphatic carbocycles. The summed E-state index contributed by atoms with van der Waals surface area (Å²) in [5.41, 5.74) is 0.409. The SMILES string of the molecule is C[N+]1=CC(C)(C)CCCCCCC1. The van der Waals surface area contributed by atoms with Crippen LogP contribution in [0.25, 0.3) is 0 Å². The molecular formula is C12H24N+. The van der Waals surface area contributed by atoms with Crippen LogP contribution in [0.1, 0.15) is 52.4 Å². The molecule has 76 valence electrons. The summed E-state index contributed by atoms with van der Waals surface area (Å²) in [6.45, 7) is 5.94. The number of hydrogen-bond donors (Lipinski definition) is 0. The molecule has 1 heteroatoms. The quantitative estimate of drug-likeness (QED) is 0.506. The van der Waals surface area contributed by atoms with Crippen LogP contribution < -0.4 is 0 Å². The van der Waals surface area contributed by atoms with Gasteiger partial charge in [0.05, 0.1) is 0 Å². The largest absolute Gasteiger partial charge is 0.242 e. The second kappa shape index (κ2) is 4.78. The van der Waals surface area contributed by atoms with Gasteiger partial charge in [0.25, 0.3) is 0 Å². The smallest absolute Gasteiger partial charge is 0.145 e. The molecule has 0 aromatic rings. The minimum Gasteiger partial charge on any atom is -0.242 e. The van der Waals surface area contributed by atoms with Crippen LogP contribution in [0.2, 0.25) is 0 Å². The molecule has 1 nitrogen and oxygen atoms in total. The predicted molar refractivity (Wildman–Crippen MR) is 58.6 cm³/mol. The van der Waals surface area contributed by atoms with Crippen molar-refractivity contribution in [2.45, 2.75) is 52.4 Å². The lowest BCUT2D eigenvalue weighted by atomic mass is 9.87. The zero-order valence-electron chi connectivity index (χ0n) is 9.47. The van der Waals surface area contributed by atoms with Gasteiger partial charge in [-0.2, -0.15) is 0 Å². The molecule has 0 saturated carbocycles. The van der Waals surface area contributed by atoms with Crippen molar-refractivity contribution in [3.8, 4) is 0 Å². The van der Waals surface area contributed by atoms with E-state index in [-0.39, 0.29) is 0 Å². The van der Waals surface area contributed by atoms with E-state index in [4.69, 9.17) is 0 Å². The lowest BCUT2D eigenvalue weighted by molar-refractivity contribution is -0.496. The van der Waals surface area contributed by atoms with Gasteiger partial charge in [-0.15, -0.1) is 0 Å². The summed E-state index contributed by atoms with van der Waals surface area (Å²) in [5.74, 6) is 0. The van der Waals surface area contributed by atoms with E-state index in [1.807, 2.05) is 0 Å².